The highest BCUT2D eigenvalue weighted by Crippen LogP contribution is 2.14. The molecule has 1 N–H and O–H groups in total. The molecule has 0 aliphatic heterocycles. The summed E-state index contributed by atoms with van der Waals surface area (Å²) in [6.45, 7) is 3.48. The molecule has 0 saturated carbocycles. The van der Waals surface area contributed by atoms with Crippen LogP contribution in [0.2, 0.25) is 0 Å². The second-order valence-electron chi connectivity index (χ2n) is 3.04. The number of aliphatic carboxylic acids is 1. The van der Waals surface area contributed by atoms with Gasteiger partial charge in [0.15, 0.2) is 0 Å². The molecule has 0 amide bonds. The van der Waals surface area contributed by atoms with Gasteiger partial charge in [0.05, 0.1) is 0 Å². The third kappa shape index (κ3) is 3.34. The van der Waals surface area contributed by atoms with Gasteiger partial charge in [-0.2, -0.15) is 0 Å². The van der Waals surface area contributed by atoms with E-state index < -0.39 is 5.97 Å². The molecule has 0 spiro atoms. The van der Waals surface area contributed by atoms with Crippen molar-refractivity contribution in [3.05, 3.63) is 46.5 Å². The SMILES string of the molecule is C=C(CCc1cccc(Br)c1)C(=O)O. The Morgan fingerprint density at radius 3 is 2.79 bits per heavy atom. The fourth-order valence-corrected chi connectivity index (χ4v) is 1.54. The van der Waals surface area contributed by atoms with E-state index in [1.807, 2.05) is 24.3 Å². The monoisotopic (exact) mass is 254 g/mol. The molecular weight excluding hydrogens is 244 g/mol. The van der Waals surface area contributed by atoms with E-state index in [4.69, 9.17) is 5.11 Å². The van der Waals surface area contributed by atoms with E-state index in [1.165, 1.54) is 0 Å². The lowest BCUT2D eigenvalue weighted by Crippen LogP contribution is -2.00. The van der Waals surface area contributed by atoms with Crippen LogP contribution >= 0.6 is 15.9 Å². The maximum Gasteiger partial charge on any atom is 0.330 e. The molecule has 0 aliphatic rings. The number of benzene rings is 1. The van der Waals surface area contributed by atoms with Crippen molar-refractivity contribution in [2.45, 2.75) is 12.8 Å². The summed E-state index contributed by atoms with van der Waals surface area (Å²) in [7, 11) is 0. The number of carboxylic acid groups (broad SMARTS) is 1. The van der Waals surface area contributed by atoms with Crippen molar-refractivity contribution in [1.29, 1.82) is 0 Å². The average Bonchev–Trinajstić information content (AvgIpc) is 2.14. The lowest BCUT2D eigenvalue weighted by atomic mass is 10.1. The van der Waals surface area contributed by atoms with Gasteiger partial charge in [0.25, 0.3) is 0 Å². The zero-order valence-corrected chi connectivity index (χ0v) is 9.25. The molecule has 0 aliphatic carbocycles. The molecular formula is C11H11BrO2. The van der Waals surface area contributed by atoms with Crippen LogP contribution in [0.15, 0.2) is 40.9 Å². The Hall–Kier alpha value is -1.09. The quantitative estimate of drug-likeness (QED) is 0.839. The smallest absolute Gasteiger partial charge is 0.330 e. The Labute approximate surface area is 91.4 Å². The first-order chi connectivity index (χ1) is 6.59. The van der Waals surface area contributed by atoms with Crippen LogP contribution in [0.5, 0.6) is 0 Å². The summed E-state index contributed by atoms with van der Waals surface area (Å²) in [6.07, 6.45) is 1.20. The largest absolute Gasteiger partial charge is 0.478 e. The third-order valence-corrected chi connectivity index (χ3v) is 2.40. The van der Waals surface area contributed by atoms with E-state index in [-0.39, 0.29) is 5.57 Å². The Morgan fingerprint density at radius 2 is 2.21 bits per heavy atom. The topological polar surface area (TPSA) is 37.3 Å². The van der Waals surface area contributed by atoms with Gasteiger partial charge >= 0.3 is 5.97 Å². The molecule has 0 unspecified atom stereocenters. The Morgan fingerprint density at radius 1 is 1.50 bits per heavy atom. The number of halogens is 1. The number of rotatable bonds is 4. The molecule has 14 heavy (non-hydrogen) atoms. The predicted molar refractivity (Wildman–Crippen MR) is 59.2 cm³/mol. The van der Waals surface area contributed by atoms with Gasteiger partial charge in [-0.25, -0.2) is 4.79 Å². The van der Waals surface area contributed by atoms with Gasteiger partial charge in [0, 0.05) is 10.0 Å². The highest BCUT2D eigenvalue weighted by molar-refractivity contribution is 9.10. The minimum Gasteiger partial charge on any atom is -0.478 e. The molecule has 0 radical (unpaired) electrons. The van der Waals surface area contributed by atoms with Crippen LogP contribution in [0.3, 0.4) is 0 Å². The summed E-state index contributed by atoms with van der Waals surface area (Å²) < 4.78 is 1.01. The normalized spacial score (nSPS) is 9.79. The zero-order chi connectivity index (χ0) is 10.6. The fourth-order valence-electron chi connectivity index (χ4n) is 1.09. The van der Waals surface area contributed by atoms with Crippen LogP contribution in [-0.4, -0.2) is 11.1 Å². The average molecular weight is 255 g/mol. The van der Waals surface area contributed by atoms with Gasteiger partial charge in [-0.1, -0.05) is 34.6 Å². The standard InChI is InChI=1S/C11H11BrO2/c1-8(11(13)14)5-6-9-3-2-4-10(12)7-9/h2-4,7H,1,5-6H2,(H,13,14). The molecule has 0 saturated heterocycles. The van der Waals surface area contributed by atoms with E-state index >= 15 is 0 Å². The van der Waals surface area contributed by atoms with Gasteiger partial charge < -0.3 is 5.11 Å². The molecule has 1 rings (SSSR count). The van der Waals surface area contributed by atoms with Crippen LogP contribution < -0.4 is 0 Å². The number of carbonyl (C=O) groups is 1. The van der Waals surface area contributed by atoms with E-state index in [0.717, 1.165) is 10.0 Å². The first-order valence-electron chi connectivity index (χ1n) is 4.25. The Kier molecular flexibility index (Phi) is 3.89. The molecule has 3 heteroatoms. The molecule has 2 nitrogen and oxygen atoms in total. The second kappa shape index (κ2) is 4.96. The summed E-state index contributed by atoms with van der Waals surface area (Å²) >= 11 is 3.36. The van der Waals surface area contributed by atoms with Crippen molar-refractivity contribution in [1.82, 2.24) is 0 Å². The van der Waals surface area contributed by atoms with E-state index in [2.05, 4.69) is 22.5 Å². The Bertz CT molecular complexity index is 358. The van der Waals surface area contributed by atoms with Crippen molar-refractivity contribution in [3.8, 4) is 0 Å². The van der Waals surface area contributed by atoms with Gasteiger partial charge in [-0.15, -0.1) is 0 Å². The molecule has 0 fully saturated rings. The van der Waals surface area contributed by atoms with E-state index in [0.29, 0.717) is 12.8 Å². The highest BCUT2D eigenvalue weighted by atomic mass is 79.9. The highest BCUT2D eigenvalue weighted by Gasteiger charge is 2.03. The third-order valence-electron chi connectivity index (χ3n) is 1.91. The predicted octanol–water partition coefficient (Wildman–Crippen LogP) is 3.02. The maximum atomic E-state index is 10.5. The summed E-state index contributed by atoms with van der Waals surface area (Å²) in [5.74, 6) is -0.917. The van der Waals surface area contributed by atoms with Crippen LogP contribution in [0.1, 0.15) is 12.0 Å². The lowest BCUT2D eigenvalue weighted by Gasteiger charge is -2.01. The van der Waals surface area contributed by atoms with Crippen molar-refractivity contribution >= 4 is 21.9 Å². The van der Waals surface area contributed by atoms with Crippen LogP contribution in [0, 0.1) is 0 Å². The first-order valence-corrected chi connectivity index (χ1v) is 5.04. The van der Waals surface area contributed by atoms with Crippen molar-refractivity contribution in [3.63, 3.8) is 0 Å². The minimum absolute atomic E-state index is 0.255. The summed E-state index contributed by atoms with van der Waals surface area (Å²) in [5.41, 5.74) is 1.37. The summed E-state index contributed by atoms with van der Waals surface area (Å²) in [6, 6.07) is 7.83. The molecule has 1 aromatic carbocycles. The molecule has 74 valence electrons. The fraction of sp³-hybridized carbons (Fsp3) is 0.182. The molecule has 0 heterocycles. The lowest BCUT2D eigenvalue weighted by molar-refractivity contribution is -0.132. The zero-order valence-electron chi connectivity index (χ0n) is 7.66. The van der Waals surface area contributed by atoms with Crippen molar-refractivity contribution in [2.75, 3.05) is 0 Å². The van der Waals surface area contributed by atoms with Crippen LogP contribution in [-0.2, 0) is 11.2 Å². The van der Waals surface area contributed by atoms with E-state index in [1.54, 1.807) is 0 Å². The van der Waals surface area contributed by atoms with Crippen LogP contribution in [0.25, 0.3) is 0 Å². The number of carboxylic acids is 1. The van der Waals surface area contributed by atoms with Gasteiger partial charge in [0.1, 0.15) is 0 Å². The summed E-state index contributed by atoms with van der Waals surface area (Å²) in [4.78, 5) is 10.5. The van der Waals surface area contributed by atoms with E-state index in [9.17, 15) is 4.79 Å². The van der Waals surface area contributed by atoms with Crippen molar-refractivity contribution in [2.24, 2.45) is 0 Å². The molecule has 0 aromatic heterocycles. The van der Waals surface area contributed by atoms with Crippen molar-refractivity contribution < 1.29 is 9.90 Å². The maximum absolute atomic E-state index is 10.5. The number of aryl methyl sites for hydroxylation is 1. The minimum atomic E-state index is -0.917. The van der Waals surface area contributed by atoms with Gasteiger partial charge in [0.2, 0.25) is 0 Å². The Balaban J connectivity index is 2.54. The van der Waals surface area contributed by atoms with Gasteiger partial charge in [-0.3, -0.25) is 0 Å². The molecule has 0 atom stereocenters. The number of hydrogen-bond donors (Lipinski definition) is 1. The summed E-state index contributed by atoms with van der Waals surface area (Å²) in [5, 5.41) is 8.61. The second-order valence-corrected chi connectivity index (χ2v) is 3.95. The molecule has 1 aromatic rings. The van der Waals surface area contributed by atoms with Gasteiger partial charge in [-0.05, 0) is 30.5 Å². The number of hydrogen-bond acceptors (Lipinski definition) is 1. The van der Waals surface area contributed by atoms with Crippen LogP contribution in [0.4, 0.5) is 0 Å². The molecule has 0 bridgehead atoms. The first kappa shape index (κ1) is 11.0.